The summed E-state index contributed by atoms with van der Waals surface area (Å²) in [6.07, 6.45) is 4.14. The number of rotatable bonds is 6. The largest absolute Gasteiger partial charge is 0.369 e. The third kappa shape index (κ3) is 5.32. The average Bonchev–Trinajstić information content (AvgIpc) is 2.50. The van der Waals surface area contributed by atoms with Gasteiger partial charge in [-0.1, -0.05) is 29.8 Å². The summed E-state index contributed by atoms with van der Waals surface area (Å²) in [6, 6.07) is 5.69. The molecule has 1 heterocycles. The quantitative estimate of drug-likeness (QED) is 0.790. The van der Waals surface area contributed by atoms with Gasteiger partial charge in [0.1, 0.15) is 11.5 Å². The van der Waals surface area contributed by atoms with E-state index in [4.69, 9.17) is 0 Å². The van der Waals surface area contributed by atoms with E-state index in [0.717, 1.165) is 28.7 Å². The van der Waals surface area contributed by atoms with Crippen LogP contribution in [0.2, 0.25) is 0 Å². The summed E-state index contributed by atoms with van der Waals surface area (Å²) in [5.74, 6) is 1.05. The van der Waals surface area contributed by atoms with Crippen molar-refractivity contribution >= 4 is 33.3 Å². The molecule has 6 heteroatoms. The summed E-state index contributed by atoms with van der Waals surface area (Å²) in [7, 11) is 0. The maximum absolute atomic E-state index is 12.2. The third-order valence-electron chi connectivity index (χ3n) is 3.35. The zero-order valence-corrected chi connectivity index (χ0v) is 15.1. The molecule has 2 rings (SSSR count). The second kappa shape index (κ2) is 8.06. The Balaban J connectivity index is 1.97. The highest BCUT2D eigenvalue weighted by Crippen LogP contribution is 2.20. The second-order valence-electron chi connectivity index (χ2n) is 5.81. The smallest absolute Gasteiger partial charge is 0.275 e. The van der Waals surface area contributed by atoms with Gasteiger partial charge in [0, 0.05) is 16.7 Å². The number of hydrogen-bond acceptors (Lipinski definition) is 4. The van der Waals surface area contributed by atoms with Crippen molar-refractivity contribution in [2.45, 2.75) is 27.2 Å². The van der Waals surface area contributed by atoms with Gasteiger partial charge in [-0.05, 0) is 43.0 Å². The van der Waals surface area contributed by atoms with E-state index in [2.05, 4.69) is 50.4 Å². The van der Waals surface area contributed by atoms with Crippen molar-refractivity contribution < 1.29 is 4.79 Å². The summed E-state index contributed by atoms with van der Waals surface area (Å²) >= 11 is 3.40. The number of amides is 1. The number of carbonyl (C=O) groups is 1. The monoisotopic (exact) mass is 376 g/mol. The van der Waals surface area contributed by atoms with Gasteiger partial charge in [-0.2, -0.15) is 0 Å². The molecule has 0 saturated heterocycles. The minimum absolute atomic E-state index is 0.267. The number of nitrogens with one attached hydrogen (secondary N) is 2. The first-order valence-electron chi connectivity index (χ1n) is 7.59. The van der Waals surface area contributed by atoms with Crippen molar-refractivity contribution in [3.05, 3.63) is 46.3 Å². The van der Waals surface area contributed by atoms with Crippen molar-refractivity contribution in [3.63, 3.8) is 0 Å². The summed E-state index contributed by atoms with van der Waals surface area (Å²) in [5, 5.41) is 6.05. The molecule has 1 amide bonds. The molecule has 0 atom stereocenters. The van der Waals surface area contributed by atoms with Crippen molar-refractivity contribution in [1.82, 2.24) is 9.97 Å². The van der Waals surface area contributed by atoms with E-state index in [-0.39, 0.29) is 5.91 Å². The molecule has 0 bridgehead atoms. The Bertz CT molecular complexity index is 671. The first-order chi connectivity index (χ1) is 11.0. The molecule has 0 aliphatic heterocycles. The maximum atomic E-state index is 12.2. The fourth-order valence-corrected chi connectivity index (χ4v) is 2.45. The predicted molar refractivity (Wildman–Crippen MR) is 96.8 cm³/mol. The molecule has 0 saturated carbocycles. The lowest BCUT2D eigenvalue weighted by atomic mass is 10.1. The van der Waals surface area contributed by atoms with Gasteiger partial charge in [0.2, 0.25) is 0 Å². The zero-order chi connectivity index (χ0) is 16.8. The van der Waals surface area contributed by atoms with Gasteiger partial charge >= 0.3 is 0 Å². The van der Waals surface area contributed by atoms with E-state index in [9.17, 15) is 4.79 Å². The highest BCUT2D eigenvalue weighted by molar-refractivity contribution is 9.10. The molecule has 0 fully saturated rings. The lowest BCUT2D eigenvalue weighted by molar-refractivity contribution is 0.102. The average molecular weight is 377 g/mol. The van der Waals surface area contributed by atoms with Crippen LogP contribution in [-0.2, 0) is 0 Å². The van der Waals surface area contributed by atoms with E-state index >= 15 is 0 Å². The van der Waals surface area contributed by atoms with Gasteiger partial charge < -0.3 is 10.6 Å². The van der Waals surface area contributed by atoms with Crippen LogP contribution in [0.25, 0.3) is 0 Å². The fraction of sp³-hybridized carbons (Fsp3) is 0.353. The summed E-state index contributed by atoms with van der Waals surface area (Å²) < 4.78 is 0.976. The van der Waals surface area contributed by atoms with Crippen molar-refractivity contribution in [3.8, 4) is 0 Å². The number of aryl methyl sites for hydroxylation is 1. The molecule has 23 heavy (non-hydrogen) atoms. The number of aromatic nitrogens is 2. The van der Waals surface area contributed by atoms with Crippen LogP contribution in [0, 0.1) is 12.8 Å². The number of hydrogen-bond donors (Lipinski definition) is 2. The number of benzene rings is 1. The normalized spacial score (nSPS) is 10.7. The molecular weight excluding hydrogens is 356 g/mol. The Hall–Kier alpha value is -1.95. The Morgan fingerprint density at radius 1 is 1.26 bits per heavy atom. The number of carbonyl (C=O) groups excluding carboxylic acids is 1. The third-order valence-corrected chi connectivity index (χ3v) is 3.84. The van der Waals surface area contributed by atoms with Crippen molar-refractivity contribution in [2.24, 2.45) is 5.92 Å². The van der Waals surface area contributed by atoms with Gasteiger partial charge in [-0.15, -0.1) is 0 Å². The van der Waals surface area contributed by atoms with Gasteiger partial charge in [0.25, 0.3) is 5.91 Å². The molecule has 5 nitrogen and oxygen atoms in total. The molecule has 0 unspecified atom stereocenters. The Kier molecular flexibility index (Phi) is 6.10. The molecule has 0 radical (unpaired) electrons. The number of halogens is 1. The van der Waals surface area contributed by atoms with Gasteiger partial charge in [-0.3, -0.25) is 4.79 Å². The lowest BCUT2D eigenvalue weighted by Crippen LogP contribution is -2.15. The molecule has 1 aromatic carbocycles. The molecular formula is C17H21BrN4O. The summed E-state index contributed by atoms with van der Waals surface area (Å²) in [4.78, 5) is 20.6. The van der Waals surface area contributed by atoms with Crippen molar-refractivity contribution in [2.75, 3.05) is 17.2 Å². The van der Waals surface area contributed by atoms with Gasteiger partial charge in [-0.25, -0.2) is 9.97 Å². The first-order valence-corrected chi connectivity index (χ1v) is 8.38. The molecule has 122 valence electrons. The topological polar surface area (TPSA) is 66.9 Å². The lowest BCUT2D eigenvalue weighted by Gasteiger charge is -2.09. The van der Waals surface area contributed by atoms with Crippen LogP contribution < -0.4 is 10.6 Å². The van der Waals surface area contributed by atoms with Crippen LogP contribution in [0.1, 0.15) is 36.3 Å². The van der Waals surface area contributed by atoms with Crippen LogP contribution in [0.3, 0.4) is 0 Å². The Morgan fingerprint density at radius 3 is 2.65 bits per heavy atom. The van der Waals surface area contributed by atoms with Gasteiger partial charge in [0.05, 0.1) is 12.4 Å². The van der Waals surface area contributed by atoms with Crippen LogP contribution in [0.5, 0.6) is 0 Å². The highest BCUT2D eigenvalue weighted by Gasteiger charge is 2.10. The van der Waals surface area contributed by atoms with Crippen LogP contribution >= 0.6 is 15.9 Å². The van der Waals surface area contributed by atoms with E-state index in [1.165, 1.54) is 6.20 Å². The van der Waals surface area contributed by atoms with Crippen LogP contribution in [0.15, 0.2) is 35.1 Å². The van der Waals surface area contributed by atoms with E-state index in [1.54, 1.807) is 6.20 Å². The number of nitrogens with zero attached hydrogens (tertiary/aromatic N) is 2. The highest BCUT2D eigenvalue weighted by atomic mass is 79.9. The summed E-state index contributed by atoms with van der Waals surface area (Å²) in [5.41, 5.74) is 2.04. The minimum atomic E-state index is -0.267. The van der Waals surface area contributed by atoms with E-state index < -0.39 is 0 Å². The van der Waals surface area contributed by atoms with E-state index in [1.807, 2.05) is 25.1 Å². The summed E-state index contributed by atoms with van der Waals surface area (Å²) in [6.45, 7) is 7.12. The van der Waals surface area contributed by atoms with Crippen LogP contribution in [-0.4, -0.2) is 22.4 Å². The molecule has 0 spiro atoms. The molecule has 2 aromatic rings. The maximum Gasteiger partial charge on any atom is 0.275 e. The zero-order valence-electron chi connectivity index (χ0n) is 13.6. The first kappa shape index (κ1) is 17.4. The SMILES string of the molecule is Cc1cc(Br)ccc1NC(=O)c1cnc(NCCC(C)C)cn1. The van der Waals surface area contributed by atoms with E-state index in [0.29, 0.717) is 17.4 Å². The molecule has 0 aliphatic carbocycles. The standard InChI is InChI=1S/C17H21BrN4O/c1-11(2)6-7-19-16-10-20-15(9-21-16)17(23)22-14-5-4-13(18)8-12(14)3/h4-5,8-11H,6-7H2,1-3H3,(H,19,21)(H,22,23). The molecule has 2 N–H and O–H groups in total. The fourth-order valence-electron chi connectivity index (χ4n) is 1.98. The second-order valence-corrected chi connectivity index (χ2v) is 6.73. The van der Waals surface area contributed by atoms with Crippen LogP contribution in [0.4, 0.5) is 11.5 Å². The molecule has 0 aliphatic rings. The molecule has 1 aromatic heterocycles. The van der Waals surface area contributed by atoms with Crippen molar-refractivity contribution in [1.29, 1.82) is 0 Å². The Morgan fingerprint density at radius 2 is 2.04 bits per heavy atom. The number of anilines is 2. The Labute approximate surface area is 145 Å². The van der Waals surface area contributed by atoms with Gasteiger partial charge in [0.15, 0.2) is 0 Å². The minimum Gasteiger partial charge on any atom is -0.369 e. The predicted octanol–water partition coefficient (Wildman–Crippen LogP) is 4.26.